The number of hydrogen-bond donors (Lipinski definition) is 3. The first-order valence-electron chi connectivity index (χ1n) is 4.92. The van der Waals surface area contributed by atoms with Crippen LogP contribution in [0.5, 0.6) is 0 Å². The first kappa shape index (κ1) is 11.6. The predicted molar refractivity (Wildman–Crippen MR) is 67.7 cm³/mol. The fourth-order valence-electron chi connectivity index (χ4n) is 1.30. The maximum atomic E-state index is 11.3. The highest BCUT2D eigenvalue weighted by Crippen LogP contribution is 2.12. The second-order valence-corrected chi connectivity index (χ2v) is 4.15. The Bertz CT molecular complexity index is 563. The third kappa shape index (κ3) is 2.84. The van der Waals surface area contributed by atoms with Gasteiger partial charge in [0.25, 0.3) is 5.56 Å². The molecule has 0 fully saturated rings. The van der Waals surface area contributed by atoms with Crippen LogP contribution in [0, 0.1) is 0 Å². The van der Waals surface area contributed by atoms with Gasteiger partial charge in [-0.1, -0.05) is 0 Å². The van der Waals surface area contributed by atoms with E-state index in [1.165, 1.54) is 6.33 Å². The van der Waals surface area contributed by atoms with Crippen LogP contribution in [0.2, 0.25) is 0 Å². The minimum atomic E-state index is -0.217. The molecule has 0 saturated carbocycles. The molecule has 2 aromatic heterocycles. The zero-order valence-corrected chi connectivity index (χ0v) is 10.4. The Morgan fingerprint density at radius 3 is 3.12 bits per heavy atom. The highest BCUT2D eigenvalue weighted by atomic mass is 79.9. The first-order chi connectivity index (χ1) is 8.16. The third-order valence-electron chi connectivity index (χ3n) is 2.08. The molecule has 0 bridgehead atoms. The number of rotatable bonds is 4. The molecule has 17 heavy (non-hydrogen) atoms. The Morgan fingerprint density at radius 2 is 2.41 bits per heavy atom. The van der Waals surface area contributed by atoms with Gasteiger partial charge in [0.05, 0.1) is 24.8 Å². The number of aromatic amines is 1. The lowest BCUT2D eigenvalue weighted by molar-refractivity contribution is 0.637. The molecule has 0 saturated heterocycles. The molecule has 0 radical (unpaired) electrons. The van der Waals surface area contributed by atoms with E-state index in [0.29, 0.717) is 29.1 Å². The van der Waals surface area contributed by atoms with E-state index in [1.54, 1.807) is 17.1 Å². The molecule has 7 nitrogen and oxygen atoms in total. The van der Waals surface area contributed by atoms with Crippen molar-refractivity contribution in [1.29, 1.82) is 0 Å². The van der Waals surface area contributed by atoms with Gasteiger partial charge in [-0.05, 0) is 15.9 Å². The topological polar surface area (TPSA) is 102 Å². The number of H-pyrrole nitrogens is 1. The highest BCUT2D eigenvalue weighted by Gasteiger charge is 2.04. The number of hydrogen-bond acceptors (Lipinski definition) is 5. The van der Waals surface area contributed by atoms with Crippen LogP contribution in [-0.2, 0) is 6.54 Å². The summed E-state index contributed by atoms with van der Waals surface area (Å²) in [4.78, 5) is 17.7. The van der Waals surface area contributed by atoms with Crippen LogP contribution in [0.3, 0.4) is 0 Å². The zero-order valence-electron chi connectivity index (χ0n) is 8.85. The average Bonchev–Trinajstić information content (AvgIpc) is 2.70. The van der Waals surface area contributed by atoms with Crippen molar-refractivity contribution in [3.05, 3.63) is 33.5 Å². The molecule has 2 heterocycles. The molecular weight excluding hydrogens is 288 g/mol. The van der Waals surface area contributed by atoms with Crippen LogP contribution in [0.25, 0.3) is 0 Å². The third-order valence-corrected chi connectivity index (χ3v) is 2.82. The van der Waals surface area contributed by atoms with Crippen LogP contribution in [0.1, 0.15) is 0 Å². The summed E-state index contributed by atoms with van der Waals surface area (Å²) in [5, 5.41) is 7.07. The zero-order chi connectivity index (χ0) is 12.3. The number of nitrogens with two attached hydrogens (primary N) is 1. The maximum absolute atomic E-state index is 11.3. The molecule has 0 unspecified atom stereocenters. The molecule has 90 valence electrons. The molecule has 0 spiro atoms. The molecule has 0 aromatic carbocycles. The molecule has 0 aliphatic carbocycles. The van der Waals surface area contributed by atoms with Crippen LogP contribution in [0.15, 0.2) is 28.0 Å². The number of anilines is 2. The van der Waals surface area contributed by atoms with Crippen molar-refractivity contribution < 1.29 is 0 Å². The SMILES string of the molecule is Nc1cnn(CCNc2nc[nH]c(=O)c2Br)c1. The van der Waals surface area contributed by atoms with E-state index in [1.807, 2.05) is 0 Å². The fraction of sp³-hybridized carbons (Fsp3) is 0.222. The number of nitrogen functional groups attached to an aromatic ring is 1. The Kier molecular flexibility index (Phi) is 3.43. The van der Waals surface area contributed by atoms with E-state index < -0.39 is 0 Å². The first-order valence-corrected chi connectivity index (χ1v) is 5.71. The van der Waals surface area contributed by atoms with Gasteiger partial charge in [-0.15, -0.1) is 0 Å². The Balaban J connectivity index is 1.94. The van der Waals surface area contributed by atoms with Gasteiger partial charge in [0, 0.05) is 12.7 Å². The second-order valence-electron chi connectivity index (χ2n) is 3.36. The quantitative estimate of drug-likeness (QED) is 0.759. The smallest absolute Gasteiger partial charge is 0.267 e. The molecule has 4 N–H and O–H groups in total. The molecular formula is C9H11BrN6O. The van der Waals surface area contributed by atoms with Gasteiger partial charge in [-0.2, -0.15) is 5.10 Å². The summed E-state index contributed by atoms with van der Waals surface area (Å²) in [6.07, 6.45) is 4.67. The summed E-state index contributed by atoms with van der Waals surface area (Å²) < 4.78 is 2.10. The number of halogens is 1. The molecule has 0 aliphatic rings. The summed E-state index contributed by atoms with van der Waals surface area (Å²) in [7, 11) is 0. The maximum Gasteiger partial charge on any atom is 0.267 e. The van der Waals surface area contributed by atoms with Gasteiger partial charge in [0.2, 0.25) is 0 Å². The van der Waals surface area contributed by atoms with E-state index in [2.05, 4.69) is 36.3 Å². The van der Waals surface area contributed by atoms with Crippen molar-refractivity contribution in [2.75, 3.05) is 17.6 Å². The second kappa shape index (κ2) is 5.00. The number of nitrogens with one attached hydrogen (secondary N) is 2. The van der Waals surface area contributed by atoms with Gasteiger partial charge in [-0.3, -0.25) is 9.48 Å². The largest absolute Gasteiger partial charge is 0.396 e. The van der Waals surface area contributed by atoms with E-state index in [9.17, 15) is 4.79 Å². The van der Waals surface area contributed by atoms with Gasteiger partial charge in [0.15, 0.2) is 0 Å². The summed E-state index contributed by atoms with van der Waals surface area (Å²) in [6, 6.07) is 0. The van der Waals surface area contributed by atoms with Crippen LogP contribution < -0.4 is 16.6 Å². The lowest BCUT2D eigenvalue weighted by Gasteiger charge is -2.06. The molecule has 0 amide bonds. The average molecular weight is 299 g/mol. The Morgan fingerprint density at radius 1 is 1.59 bits per heavy atom. The summed E-state index contributed by atoms with van der Waals surface area (Å²) in [6.45, 7) is 1.23. The monoisotopic (exact) mass is 298 g/mol. The van der Waals surface area contributed by atoms with E-state index in [-0.39, 0.29) is 5.56 Å². The van der Waals surface area contributed by atoms with Gasteiger partial charge >= 0.3 is 0 Å². The predicted octanol–water partition coefficient (Wildman–Crippen LogP) is 0.423. The van der Waals surface area contributed by atoms with Crippen molar-refractivity contribution in [2.45, 2.75) is 6.54 Å². The van der Waals surface area contributed by atoms with Gasteiger partial charge in [-0.25, -0.2) is 4.98 Å². The van der Waals surface area contributed by atoms with E-state index >= 15 is 0 Å². The van der Waals surface area contributed by atoms with Crippen molar-refractivity contribution in [1.82, 2.24) is 19.7 Å². The van der Waals surface area contributed by atoms with Crippen molar-refractivity contribution in [3.63, 3.8) is 0 Å². The lowest BCUT2D eigenvalue weighted by atomic mass is 10.5. The van der Waals surface area contributed by atoms with Crippen LogP contribution in [-0.4, -0.2) is 26.3 Å². The number of aromatic nitrogens is 4. The van der Waals surface area contributed by atoms with Gasteiger partial charge < -0.3 is 16.0 Å². The molecule has 2 rings (SSSR count). The summed E-state index contributed by atoms with van der Waals surface area (Å²) in [5.41, 5.74) is 5.94. The molecule has 0 atom stereocenters. The molecule has 8 heteroatoms. The van der Waals surface area contributed by atoms with E-state index in [4.69, 9.17) is 5.73 Å². The molecule has 0 aliphatic heterocycles. The summed E-state index contributed by atoms with van der Waals surface area (Å²) >= 11 is 3.16. The van der Waals surface area contributed by atoms with Crippen molar-refractivity contribution in [3.8, 4) is 0 Å². The van der Waals surface area contributed by atoms with E-state index in [0.717, 1.165) is 0 Å². The number of nitrogens with zero attached hydrogens (tertiary/aromatic N) is 3. The van der Waals surface area contributed by atoms with Crippen LogP contribution >= 0.6 is 15.9 Å². The normalized spacial score (nSPS) is 10.4. The fourth-order valence-corrected chi connectivity index (χ4v) is 1.65. The highest BCUT2D eigenvalue weighted by molar-refractivity contribution is 9.10. The standard InChI is InChI=1S/C9H11BrN6O/c10-7-8(13-5-14-9(7)17)12-1-2-16-4-6(11)3-15-16/h3-5H,1-2,11H2,(H2,12,13,14,17). The van der Waals surface area contributed by atoms with Crippen molar-refractivity contribution in [2.24, 2.45) is 0 Å². The van der Waals surface area contributed by atoms with Crippen LogP contribution in [0.4, 0.5) is 11.5 Å². The Labute approximate surface area is 105 Å². The lowest BCUT2D eigenvalue weighted by Crippen LogP contribution is -2.16. The van der Waals surface area contributed by atoms with Gasteiger partial charge in [0.1, 0.15) is 10.3 Å². The summed E-state index contributed by atoms with van der Waals surface area (Å²) in [5.74, 6) is 0.508. The van der Waals surface area contributed by atoms with Crippen molar-refractivity contribution >= 4 is 27.4 Å². The Hall–Kier alpha value is -1.83. The molecule has 2 aromatic rings. The minimum Gasteiger partial charge on any atom is -0.396 e. The minimum absolute atomic E-state index is 0.217.